The van der Waals surface area contributed by atoms with Gasteiger partial charge in [0.2, 0.25) is 0 Å². The number of amides is 4. The molecule has 0 N–H and O–H groups in total. The average molecular weight is 390 g/mol. The third kappa shape index (κ3) is 3.78. The largest absolute Gasteiger partial charge is 0.345 e. The first-order valence-electron chi connectivity index (χ1n) is 8.15. The summed E-state index contributed by atoms with van der Waals surface area (Å²) in [6.45, 7) is -0.0652. The summed E-state index contributed by atoms with van der Waals surface area (Å²) < 4.78 is 13.4. The Balaban J connectivity index is 1.89. The molecule has 1 fully saturated rings. The van der Waals surface area contributed by atoms with Crippen LogP contribution >= 0.6 is 11.6 Å². The number of hydrogen-bond donors (Lipinski definition) is 0. The third-order valence-corrected chi connectivity index (χ3v) is 4.46. The predicted molar refractivity (Wildman–Crippen MR) is 99.2 cm³/mol. The lowest BCUT2D eigenvalue weighted by molar-refractivity contribution is -0.116. The van der Waals surface area contributed by atoms with Gasteiger partial charge in [-0.1, -0.05) is 23.7 Å². The lowest BCUT2D eigenvalue weighted by atomic mass is 10.1. The minimum Gasteiger partial charge on any atom is -0.345 e. The predicted octanol–water partition coefficient (Wildman–Crippen LogP) is 3.15. The highest BCUT2D eigenvalue weighted by Crippen LogP contribution is 2.31. The van der Waals surface area contributed by atoms with E-state index < -0.39 is 17.8 Å². The summed E-state index contributed by atoms with van der Waals surface area (Å²) in [5.74, 6) is -1.16. The molecule has 0 aromatic heterocycles. The number of halogens is 2. The quantitative estimate of drug-likeness (QED) is 0.755. The van der Waals surface area contributed by atoms with Gasteiger partial charge in [0.1, 0.15) is 12.4 Å². The van der Waals surface area contributed by atoms with Crippen molar-refractivity contribution in [1.82, 2.24) is 9.80 Å². The topological polar surface area (TPSA) is 60.9 Å². The molecule has 0 saturated carbocycles. The van der Waals surface area contributed by atoms with Gasteiger partial charge in [-0.3, -0.25) is 9.59 Å². The van der Waals surface area contributed by atoms with E-state index in [4.69, 9.17) is 11.6 Å². The molecule has 3 rings (SSSR count). The Kier molecular flexibility index (Phi) is 5.14. The fourth-order valence-electron chi connectivity index (χ4n) is 2.84. The fraction of sp³-hybridized carbons (Fsp3) is 0.211. The van der Waals surface area contributed by atoms with Crippen molar-refractivity contribution in [3.63, 3.8) is 0 Å². The molecule has 1 saturated heterocycles. The number of nitrogens with zero attached hydrogens (tertiary/aromatic N) is 3. The zero-order valence-corrected chi connectivity index (χ0v) is 15.5. The molecule has 1 heterocycles. The van der Waals surface area contributed by atoms with Crippen molar-refractivity contribution in [1.29, 1.82) is 0 Å². The van der Waals surface area contributed by atoms with E-state index in [0.29, 0.717) is 11.1 Å². The van der Waals surface area contributed by atoms with Crippen LogP contribution < -0.4 is 4.90 Å². The van der Waals surface area contributed by atoms with Gasteiger partial charge in [0.15, 0.2) is 0 Å². The maximum atomic E-state index is 13.4. The molecule has 0 atom stereocenters. The number of carbonyl (C=O) groups excluding carboxylic acids is 3. The van der Waals surface area contributed by atoms with Gasteiger partial charge in [0.05, 0.1) is 10.7 Å². The molecule has 2 aromatic carbocycles. The molecule has 6 nitrogen and oxygen atoms in total. The standard InChI is InChI=1S/C19H17ClFN3O3/c1-22(2)18(26)13-6-7-15(20)16(9-13)24-17(25)11-23(19(24)27)10-12-4-3-5-14(21)8-12/h3-9H,10-11H2,1-2H3. The van der Waals surface area contributed by atoms with Gasteiger partial charge >= 0.3 is 6.03 Å². The van der Waals surface area contributed by atoms with Crippen LogP contribution in [0, 0.1) is 5.82 Å². The number of carbonyl (C=O) groups is 3. The zero-order valence-electron chi connectivity index (χ0n) is 14.8. The molecule has 1 aliphatic heterocycles. The van der Waals surface area contributed by atoms with Gasteiger partial charge in [-0.25, -0.2) is 14.1 Å². The van der Waals surface area contributed by atoms with Gasteiger partial charge in [0, 0.05) is 26.2 Å². The Morgan fingerprint density at radius 3 is 2.59 bits per heavy atom. The summed E-state index contributed by atoms with van der Waals surface area (Å²) in [7, 11) is 3.20. The van der Waals surface area contributed by atoms with E-state index in [0.717, 1.165) is 4.90 Å². The van der Waals surface area contributed by atoms with Crippen molar-refractivity contribution in [3.05, 3.63) is 64.4 Å². The Morgan fingerprint density at radius 2 is 1.93 bits per heavy atom. The second kappa shape index (κ2) is 7.36. The number of rotatable bonds is 4. The van der Waals surface area contributed by atoms with E-state index in [-0.39, 0.29) is 29.7 Å². The monoisotopic (exact) mass is 389 g/mol. The third-order valence-electron chi connectivity index (χ3n) is 4.14. The van der Waals surface area contributed by atoms with Crippen LogP contribution in [0.2, 0.25) is 5.02 Å². The molecule has 140 valence electrons. The molecule has 0 aliphatic carbocycles. The van der Waals surface area contributed by atoms with Crippen molar-refractivity contribution >= 4 is 35.1 Å². The van der Waals surface area contributed by atoms with E-state index in [2.05, 4.69) is 0 Å². The highest BCUT2D eigenvalue weighted by atomic mass is 35.5. The summed E-state index contributed by atoms with van der Waals surface area (Å²) in [5, 5.41) is 0.180. The molecule has 8 heteroatoms. The van der Waals surface area contributed by atoms with Crippen LogP contribution in [0.3, 0.4) is 0 Å². The smallest absolute Gasteiger partial charge is 0.332 e. The number of anilines is 1. The van der Waals surface area contributed by atoms with E-state index in [9.17, 15) is 18.8 Å². The lowest BCUT2D eigenvalue weighted by Crippen LogP contribution is -2.33. The second-order valence-corrected chi connectivity index (χ2v) is 6.77. The molecular weight excluding hydrogens is 373 g/mol. The first-order valence-corrected chi connectivity index (χ1v) is 8.53. The van der Waals surface area contributed by atoms with Gasteiger partial charge in [-0.2, -0.15) is 0 Å². The first kappa shape index (κ1) is 18.8. The molecule has 0 bridgehead atoms. The molecule has 2 aromatic rings. The summed E-state index contributed by atoms with van der Waals surface area (Å²) in [6.07, 6.45) is 0. The molecule has 1 aliphatic rings. The normalized spacial score (nSPS) is 14.1. The lowest BCUT2D eigenvalue weighted by Gasteiger charge is -2.19. The van der Waals surface area contributed by atoms with Crippen molar-refractivity contribution in [2.75, 3.05) is 25.5 Å². The maximum absolute atomic E-state index is 13.4. The van der Waals surface area contributed by atoms with Crippen LogP contribution in [0.4, 0.5) is 14.9 Å². The molecule has 27 heavy (non-hydrogen) atoms. The van der Waals surface area contributed by atoms with Crippen LogP contribution in [-0.2, 0) is 11.3 Å². The van der Waals surface area contributed by atoms with Crippen LogP contribution in [0.15, 0.2) is 42.5 Å². The first-order chi connectivity index (χ1) is 12.8. The van der Waals surface area contributed by atoms with E-state index in [1.165, 1.54) is 46.2 Å². The average Bonchev–Trinajstić information content (AvgIpc) is 2.88. The van der Waals surface area contributed by atoms with Crippen molar-refractivity contribution < 1.29 is 18.8 Å². The summed E-state index contributed by atoms with van der Waals surface area (Å²) in [4.78, 5) is 41.0. The Morgan fingerprint density at radius 1 is 1.19 bits per heavy atom. The summed E-state index contributed by atoms with van der Waals surface area (Å²) in [5.41, 5.74) is 1.03. The van der Waals surface area contributed by atoms with Crippen LogP contribution in [-0.4, -0.2) is 48.3 Å². The van der Waals surface area contributed by atoms with Gasteiger partial charge in [-0.15, -0.1) is 0 Å². The van der Waals surface area contributed by atoms with Crippen molar-refractivity contribution in [2.24, 2.45) is 0 Å². The van der Waals surface area contributed by atoms with Gasteiger partial charge < -0.3 is 9.80 Å². The molecule has 0 unspecified atom stereocenters. The molecular formula is C19H17ClFN3O3. The van der Waals surface area contributed by atoms with E-state index >= 15 is 0 Å². The molecule has 0 spiro atoms. The number of imide groups is 1. The van der Waals surface area contributed by atoms with Gasteiger partial charge in [-0.05, 0) is 35.9 Å². The van der Waals surface area contributed by atoms with Gasteiger partial charge in [0.25, 0.3) is 11.8 Å². The summed E-state index contributed by atoms with van der Waals surface area (Å²) in [6, 6.07) is 9.69. The van der Waals surface area contributed by atoms with Crippen molar-refractivity contribution in [2.45, 2.75) is 6.54 Å². The molecule has 0 radical (unpaired) electrons. The van der Waals surface area contributed by atoms with E-state index in [1.807, 2.05) is 0 Å². The second-order valence-electron chi connectivity index (χ2n) is 6.36. The molecule has 4 amide bonds. The van der Waals surface area contributed by atoms with Crippen LogP contribution in [0.5, 0.6) is 0 Å². The van der Waals surface area contributed by atoms with Crippen molar-refractivity contribution in [3.8, 4) is 0 Å². The zero-order chi connectivity index (χ0) is 19.7. The number of hydrogen-bond acceptors (Lipinski definition) is 3. The Hall–Kier alpha value is -2.93. The highest BCUT2D eigenvalue weighted by Gasteiger charge is 2.38. The van der Waals surface area contributed by atoms with Crippen LogP contribution in [0.1, 0.15) is 15.9 Å². The Bertz CT molecular complexity index is 932. The number of benzene rings is 2. The fourth-order valence-corrected chi connectivity index (χ4v) is 3.04. The minimum absolute atomic E-state index is 0.0901. The van der Waals surface area contributed by atoms with E-state index in [1.54, 1.807) is 20.2 Å². The number of urea groups is 1. The Labute approximate surface area is 160 Å². The minimum atomic E-state index is -0.569. The summed E-state index contributed by atoms with van der Waals surface area (Å²) >= 11 is 6.18. The highest BCUT2D eigenvalue weighted by molar-refractivity contribution is 6.36. The SMILES string of the molecule is CN(C)C(=O)c1ccc(Cl)c(N2C(=O)CN(Cc3cccc(F)c3)C2=O)c1. The maximum Gasteiger partial charge on any atom is 0.332 e. The van der Waals surface area contributed by atoms with Crippen LogP contribution in [0.25, 0.3) is 0 Å².